The van der Waals surface area contributed by atoms with Crippen molar-refractivity contribution in [3.8, 4) is 0 Å². The molecule has 0 saturated carbocycles. The van der Waals surface area contributed by atoms with E-state index in [1.165, 1.54) is 4.57 Å². The smallest absolute Gasteiger partial charge is 0.351 e. The average molecular weight is 304 g/mol. The fraction of sp³-hybridized carbons (Fsp3) is 0.600. The Balaban J connectivity index is 2.30. The lowest BCUT2D eigenvalue weighted by Crippen LogP contribution is -2.28. The van der Waals surface area contributed by atoms with E-state index in [0.717, 1.165) is 0 Å². The first kappa shape index (κ1) is 12.5. The molecule has 1 saturated heterocycles. The molecule has 7 heteroatoms. The molecule has 0 aromatic carbocycles. The predicted octanol–water partition coefficient (Wildman–Crippen LogP) is 0.504. The van der Waals surface area contributed by atoms with Gasteiger partial charge in [-0.3, -0.25) is 4.57 Å². The molecule has 1 aromatic rings. The number of rotatable bonds is 2. The number of aromatic nitrogens is 2. The van der Waals surface area contributed by atoms with Gasteiger partial charge in [-0.2, -0.15) is 4.98 Å². The normalized spacial score (nSPS) is 28.5. The summed E-state index contributed by atoms with van der Waals surface area (Å²) >= 11 is 3.22. The molecule has 0 aliphatic carbocycles. The van der Waals surface area contributed by atoms with Gasteiger partial charge in [-0.1, -0.05) is 6.92 Å². The van der Waals surface area contributed by atoms with Crippen molar-refractivity contribution in [3.63, 3.8) is 0 Å². The molecule has 0 bridgehead atoms. The average Bonchev–Trinajstić information content (AvgIpc) is 2.65. The van der Waals surface area contributed by atoms with E-state index in [9.17, 15) is 4.79 Å². The largest absolute Gasteiger partial charge is 0.394 e. The molecular formula is C10H14BrN3O3. The van der Waals surface area contributed by atoms with E-state index >= 15 is 0 Å². The molecule has 1 fully saturated rings. The monoisotopic (exact) mass is 303 g/mol. The van der Waals surface area contributed by atoms with Crippen LogP contribution < -0.4 is 11.4 Å². The van der Waals surface area contributed by atoms with Gasteiger partial charge >= 0.3 is 5.69 Å². The van der Waals surface area contributed by atoms with Crippen molar-refractivity contribution >= 4 is 21.7 Å². The second kappa shape index (κ2) is 4.75. The molecule has 3 atom stereocenters. The SMILES string of the molecule is C[C@@H]1C[C@H](n2cc(Br)c(N)nc2=O)O[C@@H]1CO. The second-order valence-corrected chi connectivity index (χ2v) is 5.04. The first-order valence-corrected chi connectivity index (χ1v) is 6.12. The third kappa shape index (κ3) is 2.36. The quantitative estimate of drug-likeness (QED) is 0.830. The van der Waals surface area contributed by atoms with E-state index in [1.54, 1.807) is 6.20 Å². The molecule has 6 nitrogen and oxygen atoms in total. The topological polar surface area (TPSA) is 90.4 Å². The number of nitrogens with two attached hydrogens (primary N) is 1. The predicted molar refractivity (Wildman–Crippen MR) is 65.4 cm³/mol. The van der Waals surface area contributed by atoms with E-state index in [1.807, 2.05) is 6.92 Å². The first-order chi connectivity index (χ1) is 8.02. The zero-order valence-corrected chi connectivity index (χ0v) is 10.9. The Bertz CT molecular complexity index is 476. The van der Waals surface area contributed by atoms with Crippen LogP contribution in [0, 0.1) is 5.92 Å². The van der Waals surface area contributed by atoms with Crippen molar-refractivity contribution in [2.45, 2.75) is 25.7 Å². The summed E-state index contributed by atoms with van der Waals surface area (Å²) in [5.41, 5.74) is 5.07. The molecule has 1 aromatic heterocycles. The van der Waals surface area contributed by atoms with Gasteiger partial charge in [0, 0.05) is 6.20 Å². The molecule has 0 unspecified atom stereocenters. The number of ether oxygens (including phenoxy) is 1. The number of aliphatic hydroxyl groups is 1. The maximum atomic E-state index is 11.7. The molecule has 1 aliphatic rings. The van der Waals surface area contributed by atoms with Gasteiger partial charge in [0.05, 0.1) is 17.2 Å². The Morgan fingerprint density at radius 1 is 1.76 bits per heavy atom. The van der Waals surface area contributed by atoms with Crippen LogP contribution in [-0.2, 0) is 4.74 Å². The summed E-state index contributed by atoms with van der Waals surface area (Å²) in [5.74, 6) is 0.365. The molecule has 0 spiro atoms. The highest BCUT2D eigenvalue weighted by Gasteiger charge is 2.33. The maximum absolute atomic E-state index is 11.7. The van der Waals surface area contributed by atoms with Crippen LogP contribution in [0.2, 0.25) is 0 Å². The highest BCUT2D eigenvalue weighted by atomic mass is 79.9. The van der Waals surface area contributed by atoms with Crippen LogP contribution in [-0.4, -0.2) is 27.4 Å². The van der Waals surface area contributed by atoms with Gasteiger partial charge in [0.2, 0.25) is 0 Å². The summed E-state index contributed by atoms with van der Waals surface area (Å²) in [6.45, 7) is 1.93. The second-order valence-electron chi connectivity index (χ2n) is 4.19. The van der Waals surface area contributed by atoms with Crippen molar-refractivity contribution in [1.82, 2.24) is 9.55 Å². The molecule has 3 N–H and O–H groups in total. The first-order valence-electron chi connectivity index (χ1n) is 5.33. The Morgan fingerprint density at radius 3 is 3.06 bits per heavy atom. The van der Waals surface area contributed by atoms with Crippen LogP contribution in [0.1, 0.15) is 19.6 Å². The van der Waals surface area contributed by atoms with E-state index in [-0.39, 0.29) is 30.7 Å². The third-order valence-corrected chi connectivity index (χ3v) is 3.58. The molecular weight excluding hydrogens is 290 g/mol. The Labute approximate surface area is 107 Å². The van der Waals surface area contributed by atoms with Gasteiger partial charge in [-0.15, -0.1) is 0 Å². The van der Waals surface area contributed by atoms with Gasteiger partial charge in [-0.05, 0) is 28.3 Å². The highest BCUT2D eigenvalue weighted by molar-refractivity contribution is 9.10. The summed E-state index contributed by atoms with van der Waals surface area (Å²) in [7, 11) is 0. The molecule has 2 heterocycles. The summed E-state index contributed by atoms with van der Waals surface area (Å²) in [4.78, 5) is 15.4. The Morgan fingerprint density at radius 2 is 2.47 bits per heavy atom. The van der Waals surface area contributed by atoms with Crippen LogP contribution in [0.5, 0.6) is 0 Å². The van der Waals surface area contributed by atoms with Crippen LogP contribution in [0.4, 0.5) is 5.82 Å². The number of hydrogen-bond donors (Lipinski definition) is 2. The van der Waals surface area contributed by atoms with Gasteiger partial charge in [0.25, 0.3) is 0 Å². The fourth-order valence-electron chi connectivity index (χ4n) is 1.93. The van der Waals surface area contributed by atoms with E-state index < -0.39 is 5.69 Å². The number of hydrogen-bond acceptors (Lipinski definition) is 5. The molecule has 17 heavy (non-hydrogen) atoms. The summed E-state index contributed by atoms with van der Waals surface area (Å²) in [6.07, 6.45) is 1.62. The Hall–Kier alpha value is -0.920. The summed E-state index contributed by atoms with van der Waals surface area (Å²) in [5, 5.41) is 9.11. The molecule has 1 aliphatic heterocycles. The lowest BCUT2D eigenvalue weighted by Gasteiger charge is -2.15. The van der Waals surface area contributed by atoms with Gasteiger partial charge < -0.3 is 15.6 Å². The van der Waals surface area contributed by atoms with Gasteiger partial charge in [0.15, 0.2) is 0 Å². The van der Waals surface area contributed by atoms with Crippen molar-refractivity contribution in [2.24, 2.45) is 5.92 Å². The van der Waals surface area contributed by atoms with Crippen LogP contribution in [0.15, 0.2) is 15.5 Å². The fourth-order valence-corrected chi connectivity index (χ4v) is 2.24. The molecule has 2 rings (SSSR count). The summed E-state index contributed by atoms with van der Waals surface area (Å²) in [6, 6.07) is 0. The molecule has 0 amide bonds. The standard InChI is InChI=1S/C10H14BrN3O3/c1-5-2-8(17-7(5)4-15)14-3-6(11)9(12)13-10(14)16/h3,5,7-8,15H,2,4H2,1H3,(H2,12,13,16)/t5-,7-,8-/m1/s1. The van der Waals surface area contributed by atoms with Crippen molar-refractivity contribution in [2.75, 3.05) is 12.3 Å². The Kier molecular flexibility index (Phi) is 3.50. The zero-order valence-electron chi connectivity index (χ0n) is 9.34. The van der Waals surface area contributed by atoms with Gasteiger partial charge in [0.1, 0.15) is 12.0 Å². The zero-order chi connectivity index (χ0) is 12.6. The van der Waals surface area contributed by atoms with Crippen molar-refractivity contribution in [1.29, 1.82) is 0 Å². The van der Waals surface area contributed by atoms with Crippen molar-refractivity contribution < 1.29 is 9.84 Å². The van der Waals surface area contributed by atoms with Gasteiger partial charge in [-0.25, -0.2) is 4.79 Å². The summed E-state index contributed by atoms with van der Waals surface area (Å²) < 4.78 is 7.55. The number of nitrogen functional groups attached to an aromatic ring is 1. The van der Waals surface area contributed by atoms with Crippen LogP contribution >= 0.6 is 15.9 Å². The number of nitrogens with zero attached hydrogens (tertiary/aromatic N) is 2. The number of aliphatic hydroxyl groups excluding tert-OH is 1. The minimum atomic E-state index is -0.443. The van der Waals surface area contributed by atoms with Crippen LogP contribution in [0.25, 0.3) is 0 Å². The highest BCUT2D eigenvalue weighted by Crippen LogP contribution is 2.32. The van der Waals surface area contributed by atoms with E-state index in [2.05, 4.69) is 20.9 Å². The maximum Gasteiger partial charge on any atom is 0.351 e. The number of halogens is 1. The van der Waals surface area contributed by atoms with Crippen molar-refractivity contribution in [3.05, 3.63) is 21.2 Å². The lowest BCUT2D eigenvalue weighted by atomic mass is 10.0. The molecule has 94 valence electrons. The third-order valence-electron chi connectivity index (χ3n) is 2.96. The minimum absolute atomic E-state index is 0.0456. The van der Waals surface area contributed by atoms with E-state index in [4.69, 9.17) is 15.6 Å². The molecule has 0 radical (unpaired) electrons. The minimum Gasteiger partial charge on any atom is -0.394 e. The van der Waals surface area contributed by atoms with Crippen LogP contribution in [0.3, 0.4) is 0 Å². The lowest BCUT2D eigenvalue weighted by molar-refractivity contribution is -0.0313. The number of anilines is 1. The van der Waals surface area contributed by atoms with E-state index in [0.29, 0.717) is 10.9 Å².